The number of benzene rings is 1. The van der Waals surface area contributed by atoms with E-state index in [4.69, 9.17) is 10.8 Å². The molecule has 0 amide bonds. The van der Waals surface area contributed by atoms with Crippen LogP contribution in [0.1, 0.15) is 27.1 Å². The Morgan fingerprint density at radius 3 is 2.71 bits per heavy atom. The molecule has 0 saturated heterocycles. The summed E-state index contributed by atoms with van der Waals surface area (Å²) in [6, 6.07) is 9.58. The van der Waals surface area contributed by atoms with E-state index in [0.29, 0.717) is 11.4 Å². The average Bonchev–Trinajstić information content (AvgIpc) is 2.79. The average molecular weight is 248 g/mol. The predicted molar refractivity (Wildman–Crippen MR) is 66.1 cm³/mol. The smallest absolute Gasteiger partial charge is 0.355 e. The molecule has 0 aliphatic carbocycles. The highest BCUT2D eigenvalue weighted by Crippen LogP contribution is 2.20. The highest BCUT2D eigenvalue weighted by atomic mass is 32.1. The molecule has 1 heterocycles. The summed E-state index contributed by atoms with van der Waals surface area (Å²) >= 11 is 1.29. The van der Waals surface area contributed by atoms with Crippen LogP contribution in [0.25, 0.3) is 0 Å². The van der Waals surface area contributed by atoms with Crippen molar-refractivity contribution in [1.29, 1.82) is 0 Å². The fraction of sp³-hybridized carbons (Fsp3) is 0.167. The summed E-state index contributed by atoms with van der Waals surface area (Å²) in [5.74, 6) is -1.01. The van der Waals surface area contributed by atoms with Crippen molar-refractivity contribution in [3.63, 3.8) is 0 Å². The van der Waals surface area contributed by atoms with Gasteiger partial charge in [-0.15, -0.1) is 11.3 Å². The molecule has 3 N–H and O–H groups in total. The van der Waals surface area contributed by atoms with Gasteiger partial charge in [-0.1, -0.05) is 30.3 Å². The molecule has 0 saturated carbocycles. The Balaban J connectivity index is 2.09. The Kier molecular flexibility index (Phi) is 3.51. The zero-order valence-corrected chi connectivity index (χ0v) is 9.85. The molecule has 1 aromatic carbocycles. The lowest BCUT2D eigenvalue weighted by Crippen LogP contribution is -2.13. The fourth-order valence-corrected chi connectivity index (χ4v) is 2.31. The second-order valence-corrected chi connectivity index (χ2v) is 4.56. The third-order valence-electron chi connectivity index (χ3n) is 2.36. The van der Waals surface area contributed by atoms with Crippen LogP contribution in [-0.4, -0.2) is 16.1 Å². The molecule has 17 heavy (non-hydrogen) atoms. The van der Waals surface area contributed by atoms with Crippen LogP contribution in [0.4, 0.5) is 0 Å². The van der Waals surface area contributed by atoms with E-state index >= 15 is 0 Å². The van der Waals surface area contributed by atoms with Crippen LogP contribution in [0.5, 0.6) is 0 Å². The van der Waals surface area contributed by atoms with Gasteiger partial charge in [0.05, 0.1) is 6.04 Å². The van der Waals surface area contributed by atoms with Gasteiger partial charge in [-0.2, -0.15) is 0 Å². The number of aromatic carboxylic acids is 1. The number of nitrogens with two attached hydrogens (primary N) is 1. The van der Waals surface area contributed by atoms with E-state index in [1.807, 2.05) is 30.3 Å². The molecule has 5 heteroatoms. The van der Waals surface area contributed by atoms with Crippen molar-refractivity contribution >= 4 is 17.3 Å². The van der Waals surface area contributed by atoms with Gasteiger partial charge < -0.3 is 10.8 Å². The summed E-state index contributed by atoms with van der Waals surface area (Å²) in [6.45, 7) is 0. The van der Waals surface area contributed by atoms with Crippen LogP contribution in [0, 0.1) is 0 Å². The van der Waals surface area contributed by atoms with Gasteiger partial charge in [0.1, 0.15) is 5.01 Å². The number of nitrogens with zero attached hydrogens (tertiary/aromatic N) is 1. The quantitative estimate of drug-likeness (QED) is 0.868. The molecule has 0 aliphatic heterocycles. The number of thiazole rings is 1. The first kappa shape index (κ1) is 11.8. The van der Waals surface area contributed by atoms with Gasteiger partial charge in [0.25, 0.3) is 0 Å². The first-order valence-electron chi connectivity index (χ1n) is 5.15. The first-order chi connectivity index (χ1) is 8.16. The van der Waals surface area contributed by atoms with Gasteiger partial charge in [0.15, 0.2) is 5.69 Å². The van der Waals surface area contributed by atoms with E-state index in [1.165, 1.54) is 16.7 Å². The maximum absolute atomic E-state index is 10.7. The van der Waals surface area contributed by atoms with E-state index in [1.54, 1.807) is 0 Å². The SMILES string of the molecule is N[C@@H](Cc1ccccc1)c1nc(C(=O)O)cs1. The van der Waals surface area contributed by atoms with Gasteiger partial charge in [-0.25, -0.2) is 9.78 Å². The maximum Gasteiger partial charge on any atom is 0.355 e. The number of carbonyl (C=O) groups is 1. The number of carboxylic acids is 1. The normalized spacial score (nSPS) is 12.3. The van der Waals surface area contributed by atoms with E-state index < -0.39 is 5.97 Å². The molecule has 2 rings (SSSR count). The Labute approximate surface area is 103 Å². The number of rotatable bonds is 4. The zero-order valence-electron chi connectivity index (χ0n) is 9.04. The number of hydrogen-bond donors (Lipinski definition) is 2. The van der Waals surface area contributed by atoms with Crippen LogP contribution in [0.15, 0.2) is 35.7 Å². The van der Waals surface area contributed by atoms with Crippen molar-refractivity contribution in [2.75, 3.05) is 0 Å². The minimum absolute atomic E-state index is 0.0634. The molecule has 2 aromatic rings. The molecule has 0 fully saturated rings. The molecular weight excluding hydrogens is 236 g/mol. The molecule has 1 atom stereocenters. The van der Waals surface area contributed by atoms with Gasteiger partial charge in [-0.3, -0.25) is 0 Å². The lowest BCUT2D eigenvalue weighted by atomic mass is 10.1. The van der Waals surface area contributed by atoms with Gasteiger partial charge in [-0.05, 0) is 12.0 Å². The van der Waals surface area contributed by atoms with Gasteiger partial charge in [0, 0.05) is 5.38 Å². The van der Waals surface area contributed by atoms with Crippen LogP contribution in [-0.2, 0) is 6.42 Å². The molecule has 0 radical (unpaired) electrons. The monoisotopic (exact) mass is 248 g/mol. The summed E-state index contributed by atoms with van der Waals surface area (Å²) < 4.78 is 0. The summed E-state index contributed by atoms with van der Waals surface area (Å²) in [4.78, 5) is 14.7. The Morgan fingerprint density at radius 1 is 1.41 bits per heavy atom. The summed E-state index contributed by atoms with van der Waals surface area (Å²) in [7, 11) is 0. The highest BCUT2D eigenvalue weighted by Gasteiger charge is 2.14. The zero-order chi connectivity index (χ0) is 12.3. The van der Waals surface area contributed by atoms with Crippen molar-refractivity contribution < 1.29 is 9.90 Å². The molecule has 0 aliphatic rings. The Morgan fingerprint density at radius 2 is 2.12 bits per heavy atom. The number of hydrogen-bond acceptors (Lipinski definition) is 4. The lowest BCUT2D eigenvalue weighted by Gasteiger charge is -2.07. The summed E-state index contributed by atoms with van der Waals surface area (Å²) in [6.07, 6.45) is 0.660. The van der Waals surface area contributed by atoms with Gasteiger partial charge >= 0.3 is 5.97 Å². The van der Waals surface area contributed by atoms with Crippen LogP contribution in [0.3, 0.4) is 0 Å². The molecular formula is C12H12N2O2S. The van der Waals surface area contributed by atoms with E-state index in [2.05, 4.69) is 4.98 Å². The van der Waals surface area contributed by atoms with Crippen molar-refractivity contribution in [1.82, 2.24) is 4.98 Å². The highest BCUT2D eigenvalue weighted by molar-refractivity contribution is 7.09. The Bertz CT molecular complexity index is 510. The molecule has 1 aromatic heterocycles. The second kappa shape index (κ2) is 5.07. The number of aromatic nitrogens is 1. The van der Waals surface area contributed by atoms with E-state index in [0.717, 1.165) is 5.56 Å². The predicted octanol–water partition coefficient (Wildman–Crippen LogP) is 2.08. The maximum atomic E-state index is 10.7. The second-order valence-electron chi connectivity index (χ2n) is 3.67. The third-order valence-corrected chi connectivity index (χ3v) is 3.33. The van der Waals surface area contributed by atoms with Crippen molar-refractivity contribution in [3.05, 3.63) is 52.0 Å². The van der Waals surface area contributed by atoms with Crippen LogP contribution >= 0.6 is 11.3 Å². The molecule has 0 spiro atoms. The van der Waals surface area contributed by atoms with E-state index in [-0.39, 0.29) is 11.7 Å². The largest absolute Gasteiger partial charge is 0.476 e. The fourth-order valence-electron chi connectivity index (χ4n) is 1.51. The molecule has 0 bridgehead atoms. The van der Waals surface area contributed by atoms with Crippen molar-refractivity contribution in [2.45, 2.75) is 12.5 Å². The van der Waals surface area contributed by atoms with Crippen LogP contribution in [0.2, 0.25) is 0 Å². The van der Waals surface area contributed by atoms with Crippen molar-refractivity contribution in [3.8, 4) is 0 Å². The minimum Gasteiger partial charge on any atom is -0.476 e. The summed E-state index contributed by atoms with van der Waals surface area (Å²) in [5, 5.41) is 10.9. The summed E-state index contributed by atoms with van der Waals surface area (Å²) in [5.41, 5.74) is 7.18. The topological polar surface area (TPSA) is 76.2 Å². The van der Waals surface area contributed by atoms with Gasteiger partial charge in [0.2, 0.25) is 0 Å². The Hall–Kier alpha value is -1.72. The minimum atomic E-state index is -1.01. The third kappa shape index (κ3) is 2.89. The molecule has 4 nitrogen and oxygen atoms in total. The van der Waals surface area contributed by atoms with E-state index in [9.17, 15) is 4.79 Å². The molecule has 88 valence electrons. The first-order valence-corrected chi connectivity index (χ1v) is 6.03. The molecule has 0 unspecified atom stereocenters. The van der Waals surface area contributed by atoms with Crippen molar-refractivity contribution in [2.24, 2.45) is 5.73 Å². The lowest BCUT2D eigenvalue weighted by molar-refractivity contribution is 0.0691. The van der Waals surface area contributed by atoms with Crippen LogP contribution < -0.4 is 5.73 Å². The number of carboxylic acid groups (broad SMARTS) is 1. The standard InChI is InChI=1S/C12H12N2O2S/c13-9(6-8-4-2-1-3-5-8)11-14-10(7-17-11)12(15)16/h1-5,7,9H,6,13H2,(H,15,16)/t9-/m0/s1.